The smallest absolute Gasteiger partial charge is 0.326 e. The number of nitriles is 1. The monoisotopic (exact) mass is 261 g/mol. The molecule has 1 aromatic carbocycles. The van der Waals surface area contributed by atoms with E-state index in [2.05, 4.69) is 5.32 Å². The molecule has 0 spiro atoms. The highest BCUT2D eigenvalue weighted by atomic mass is 16.4. The van der Waals surface area contributed by atoms with Crippen molar-refractivity contribution in [3.63, 3.8) is 0 Å². The molecule has 0 aromatic heterocycles. The molecule has 0 heterocycles. The largest absolute Gasteiger partial charge is 0.480 e. The summed E-state index contributed by atoms with van der Waals surface area (Å²) >= 11 is 0. The van der Waals surface area contributed by atoms with Gasteiger partial charge in [0.1, 0.15) is 6.04 Å². The SMILES string of the molecule is CCC(C(=O)O)N(C)C(=O)Nc1ccc(C#N)cc1. The lowest BCUT2D eigenvalue weighted by Gasteiger charge is -2.23. The second kappa shape index (κ2) is 6.40. The Hall–Kier alpha value is -2.55. The van der Waals surface area contributed by atoms with Crippen LogP contribution >= 0.6 is 0 Å². The van der Waals surface area contributed by atoms with Crippen LogP contribution in [0.15, 0.2) is 24.3 Å². The molecule has 0 radical (unpaired) electrons. The Kier molecular flexibility index (Phi) is 4.89. The number of nitrogens with one attached hydrogen (secondary N) is 1. The molecule has 6 nitrogen and oxygen atoms in total. The fourth-order valence-corrected chi connectivity index (χ4v) is 1.60. The Balaban J connectivity index is 2.73. The van der Waals surface area contributed by atoms with Crippen molar-refractivity contribution in [1.82, 2.24) is 4.90 Å². The van der Waals surface area contributed by atoms with Gasteiger partial charge in [0.05, 0.1) is 11.6 Å². The number of hydrogen-bond donors (Lipinski definition) is 2. The first-order chi connectivity index (χ1) is 8.99. The van der Waals surface area contributed by atoms with Gasteiger partial charge in [-0.25, -0.2) is 9.59 Å². The van der Waals surface area contributed by atoms with Gasteiger partial charge in [0.15, 0.2) is 0 Å². The lowest BCUT2D eigenvalue weighted by atomic mass is 10.2. The highest BCUT2D eigenvalue weighted by molar-refractivity contribution is 5.92. The number of likely N-dealkylation sites (N-methyl/N-ethyl adjacent to an activating group) is 1. The quantitative estimate of drug-likeness (QED) is 0.865. The predicted molar refractivity (Wildman–Crippen MR) is 69.7 cm³/mol. The van der Waals surface area contributed by atoms with Crippen LogP contribution in [0.3, 0.4) is 0 Å². The molecular formula is C13H15N3O3. The van der Waals surface area contributed by atoms with E-state index in [0.29, 0.717) is 17.7 Å². The number of carbonyl (C=O) groups excluding carboxylic acids is 1. The third-order valence-electron chi connectivity index (χ3n) is 2.72. The van der Waals surface area contributed by atoms with Gasteiger partial charge in [-0.1, -0.05) is 6.92 Å². The maximum atomic E-state index is 11.9. The summed E-state index contributed by atoms with van der Waals surface area (Å²) in [5.74, 6) is -1.04. The number of hydrogen-bond acceptors (Lipinski definition) is 3. The van der Waals surface area contributed by atoms with E-state index in [1.807, 2.05) is 6.07 Å². The van der Waals surface area contributed by atoms with Crippen molar-refractivity contribution in [2.24, 2.45) is 0 Å². The molecule has 1 rings (SSSR count). The Morgan fingerprint density at radius 3 is 2.42 bits per heavy atom. The summed E-state index contributed by atoms with van der Waals surface area (Å²) in [6, 6.07) is 6.93. The van der Waals surface area contributed by atoms with Crippen LogP contribution < -0.4 is 5.32 Å². The van der Waals surface area contributed by atoms with Gasteiger partial charge in [-0.2, -0.15) is 5.26 Å². The van der Waals surface area contributed by atoms with E-state index in [-0.39, 0.29) is 0 Å². The van der Waals surface area contributed by atoms with Crippen LogP contribution in [-0.4, -0.2) is 35.1 Å². The zero-order valence-corrected chi connectivity index (χ0v) is 10.8. The molecule has 0 saturated carbocycles. The van der Waals surface area contributed by atoms with Crippen molar-refractivity contribution < 1.29 is 14.7 Å². The van der Waals surface area contributed by atoms with Crippen LogP contribution in [0.4, 0.5) is 10.5 Å². The molecule has 100 valence electrons. The van der Waals surface area contributed by atoms with E-state index in [9.17, 15) is 9.59 Å². The van der Waals surface area contributed by atoms with Gasteiger partial charge in [0, 0.05) is 12.7 Å². The van der Waals surface area contributed by atoms with Crippen LogP contribution in [0, 0.1) is 11.3 Å². The number of benzene rings is 1. The third-order valence-corrected chi connectivity index (χ3v) is 2.72. The molecule has 1 unspecified atom stereocenters. The van der Waals surface area contributed by atoms with Gasteiger partial charge in [0.25, 0.3) is 0 Å². The molecule has 0 saturated heterocycles. The fraction of sp³-hybridized carbons (Fsp3) is 0.308. The number of carboxylic acids is 1. The second-order valence-corrected chi connectivity index (χ2v) is 3.99. The first-order valence-corrected chi connectivity index (χ1v) is 5.76. The highest BCUT2D eigenvalue weighted by Crippen LogP contribution is 2.11. The Bertz CT molecular complexity index is 505. The minimum Gasteiger partial charge on any atom is -0.480 e. The average molecular weight is 261 g/mol. The average Bonchev–Trinajstić information content (AvgIpc) is 2.39. The predicted octanol–water partition coefficient (Wildman–Crippen LogP) is 1.89. The summed E-state index contributed by atoms with van der Waals surface area (Å²) in [7, 11) is 1.43. The molecule has 0 aliphatic rings. The molecule has 19 heavy (non-hydrogen) atoms. The Labute approximate surface area is 111 Å². The van der Waals surface area contributed by atoms with E-state index < -0.39 is 18.0 Å². The lowest BCUT2D eigenvalue weighted by Crippen LogP contribution is -2.44. The molecule has 0 aliphatic carbocycles. The van der Waals surface area contributed by atoms with Crippen molar-refractivity contribution >= 4 is 17.7 Å². The van der Waals surface area contributed by atoms with Crippen LogP contribution in [-0.2, 0) is 4.79 Å². The molecule has 0 fully saturated rings. The second-order valence-electron chi connectivity index (χ2n) is 3.99. The topological polar surface area (TPSA) is 93.4 Å². The van der Waals surface area contributed by atoms with Gasteiger partial charge < -0.3 is 15.3 Å². The van der Waals surface area contributed by atoms with E-state index >= 15 is 0 Å². The lowest BCUT2D eigenvalue weighted by molar-refractivity contribution is -0.141. The van der Waals surface area contributed by atoms with Gasteiger partial charge in [0.2, 0.25) is 0 Å². The van der Waals surface area contributed by atoms with Gasteiger partial charge >= 0.3 is 12.0 Å². The maximum absolute atomic E-state index is 11.9. The molecule has 2 amide bonds. The fourth-order valence-electron chi connectivity index (χ4n) is 1.60. The molecule has 0 aliphatic heterocycles. The number of aliphatic carboxylic acids is 1. The summed E-state index contributed by atoms with van der Waals surface area (Å²) in [6.45, 7) is 1.70. The summed E-state index contributed by atoms with van der Waals surface area (Å²) < 4.78 is 0. The Morgan fingerprint density at radius 1 is 1.42 bits per heavy atom. The van der Waals surface area contributed by atoms with E-state index in [4.69, 9.17) is 10.4 Å². The molecule has 2 N–H and O–H groups in total. The van der Waals surface area contributed by atoms with Gasteiger partial charge in [-0.05, 0) is 30.7 Å². The zero-order chi connectivity index (χ0) is 14.4. The normalized spacial score (nSPS) is 11.2. The van der Waals surface area contributed by atoms with Gasteiger partial charge in [-0.15, -0.1) is 0 Å². The van der Waals surface area contributed by atoms with Crippen molar-refractivity contribution in [3.05, 3.63) is 29.8 Å². The Morgan fingerprint density at radius 2 is 2.00 bits per heavy atom. The number of amides is 2. The summed E-state index contributed by atoms with van der Waals surface area (Å²) in [5.41, 5.74) is 0.999. The van der Waals surface area contributed by atoms with Crippen molar-refractivity contribution in [1.29, 1.82) is 5.26 Å². The van der Waals surface area contributed by atoms with Crippen molar-refractivity contribution in [2.45, 2.75) is 19.4 Å². The molecule has 6 heteroatoms. The summed E-state index contributed by atoms with van der Waals surface area (Å²) in [5, 5.41) is 20.2. The standard InChI is InChI=1S/C13H15N3O3/c1-3-11(12(17)18)16(2)13(19)15-10-6-4-9(8-14)5-7-10/h4-7,11H,3H2,1-2H3,(H,15,19)(H,17,18). The van der Waals surface area contributed by atoms with Crippen LogP contribution in [0.5, 0.6) is 0 Å². The molecule has 0 bridgehead atoms. The molecule has 1 aromatic rings. The first-order valence-electron chi connectivity index (χ1n) is 5.76. The van der Waals surface area contributed by atoms with E-state index in [1.165, 1.54) is 7.05 Å². The number of urea groups is 1. The molecular weight excluding hydrogens is 246 g/mol. The summed E-state index contributed by atoms with van der Waals surface area (Å²) in [4.78, 5) is 24.0. The van der Waals surface area contributed by atoms with Crippen LogP contribution in [0.25, 0.3) is 0 Å². The van der Waals surface area contributed by atoms with E-state index in [1.54, 1.807) is 31.2 Å². The van der Waals surface area contributed by atoms with Crippen LogP contribution in [0.2, 0.25) is 0 Å². The maximum Gasteiger partial charge on any atom is 0.326 e. The minimum atomic E-state index is -1.04. The number of nitrogens with zero attached hydrogens (tertiary/aromatic N) is 2. The minimum absolute atomic E-state index is 0.326. The number of anilines is 1. The number of rotatable bonds is 4. The number of carboxylic acid groups (broad SMARTS) is 1. The van der Waals surface area contributed by atoms with Crippen LogP contribution in [0.1, 0.15) is 18.9 Å². The summed E-state index contributed by atoms with van der Waals surface area (Å²) in [6.07, 6.45) is 0.326. The van der Waals surface area contributed by atoms with Gasteiger partial charge in [-0.3, -0.25) is 0 Å². The zero-order valence-electron chi connectivity index (χ0n) is 10.8. The van der Waals surface area contributed by atoms with Crippen molar-refractivity contribution in [3.8, 4) is 6.07 Å². The van der Waals surface area contributed by atoms with E-state index in [0.717, 1.165) is 4.90 Å². The third kappa shape index (κ3) is 3.71. The molecule has 1 atom stereocenters. The first kappa shape index (κ1) is 14.5. The highest BCUT2D eigenvalue weighted by Gasteiger charge is 2.24. The number of carbonyl (C=O) groups is 2. The van der Waals surface area contributed by atoms with Crippen molar-refractivity contribution in [2.75, 3.05) is 12.4 Å².